The minimum atomic E-state index is -0.379. The van der Waals surface area contributed by atoms with Crippen molar-refractivity contribution in [3.8, 4) is 17.6 Å². The molecule has 3 rings (SSSR count). The number of ether oxygens (including phenoxy) is 2. The fourth-order valence-corrected chi connectivity index (χ4v) is 3.70. The van der Waals surface area contributed by atoms with Gasteiger partial charge >= 0.3 is 0 Å². The third-order valence-corrected chi connectivity index (χ3v) is 5.09. The summed E-state index contributed by atoms with van der Waals surface area (Å²) in [4.78, 5) is 0. The maximum Gasteiger partial charge on any atom is 0.174 e. The molecule has 0 unspecified atom stereocenters. The Bertz CT molecular complexity index is 1100. The minimum Gasteiger partial charge on any atom is -0.493 e. The molecule has 3 aromatic carbocycles. The molecular weight excluding hydrogens is 480 g/mol. The second-order valence-electron chi connectivity index (χ2n) is 6.49. The van der Waals surface area contributed by atoms with Gasteiger partial charge < -0.3 is 9.47 Å². The Morgan fingerprint density at radius 3 is 2.62 bits per heavy atom. The zero-order chi connectivity index (χ0) is 20.8. The maximum absolute atomic E-state index is 13.5. The summed E-state index contributed by atoms with van der Waals surface area (Å²) in [5.41, 5.74) is 3.92. The van der Waals surface area contributed by atoms with Crippen molar-refractivity contribution in [1.82, 2.24) is 0 Å². The van der Waals surface area contributed by atoms with E-state index in [2.05, 4.69) is 34.7 Å². The summed E-state index contributed by atoms with van der Waals surface area (Å²) in [6.07, 6.45) is 1.71. The Balaban J connectivity index is 1.90. The highest BCUT2D eigenvalue weighted by Crippen LogP contribution is 2.35. The average molecular weight is 499 g/mol. The first kappa shape index (κ1) is 20.9. The van der Waals surface area contributed by atoms with Crippen LogP contribution in [0.4, 0.5) is 4.39 Å². The highest BCUT2D eigenvalue weighted by atomic mass is 127. The van der Waals surface area contributed by atoms with Gasteiger partial charge in [0.15, 0.2) is 11.5 Å². The van der Waals surface area contributed by atoms with Crippen molar-refractivity contribution >= 4 is 34.2 Å². The fraction of sp³-hybridized carbons (Fsp3) is 0.125. The normalized spacial score (nSPS) is 11.1. The molecule has 0 fully saturated rings. The molecule has 0 aliphatic carbocycles. The van der Waals surface area contributed by atoms with Gasteiger partial charge in [-0.3, -0.25) is 0 Å². The second kappa shape index (κ2) is 9.57. The van der Waals surface area contributed by atoms with E-state index in [-0.39, 0.29) is 5.82 Å². The SMILES string of the molecule is COc1cc(/C=C(/C#N)c2cccc(F)c2)cc(I)c1OCc1cccc(C)c1. The number of benzene rings is 3. The Morgan fingerprint density at radius 1 is 1.14 bits per heavy atom. The number of hydrogen-bond donors (Lipinski definition) is 0. The lowest BCUT2D eigenvalue weighted by Crippen LogP contribution is -2.00. The van der Waals surface area contributed by atoms with E-state index in [4.69, 9.17) is 9.47 Å². The molecule has 29 heavy (non-hydrogen) atoms. The number of allylic oxidation sites excluding steroid dienone is 1. The highest BCUT2D eigenvalue weighted by Gasteiger charge is 2.12. The molecule has 0 bridgehead atoms. The van der Waals surface area contributed by atoms with Gasteiger partial charge in [-0.2, -0.15) is 5.26 Å². The van der Waals surface area contributed by atoms with Crippen LogP contribution in [0.1, 0.15) is 22.3 Å². The molecule has 0 spiro atoms. The molecule has 0 saturated carbocycles. The first-order valence-electron chi connectivity index (χ1n) is 8.94. The average Bonchev–Trinajstić information content (AvgIpc) is 2.71. The van der Waals surface area contributed by atoms with Crippen molar-refractivity contribution in [3.05, 3.63) is 92.3 Å². The molecule has 0 radical (unpaired) electrons. The van der Waals surface area contributed by atoms with Gasteiger partial charge in [-0.15, -0.1) is 0 Å². The summed E-state index contributed by atoms with van der Waals surface area (Å²) in [5.74, 6) is 0.846. The Hall–Kier alpha value is -2.85. The molecule has 5 heteroatoms. The van der Waals surface area contributed by atoms with Crippen LogP contribution in [0.2, 0.25) is 0 Å². The summed E-state index contributed by atoms with van der Waals surface area (Å²) in [7, 11) is 1.58. The van der Waals surface area contributed by atoms with Gasteiger partial charge in [0, 0.05) is 0 Å². The summed E-state index contributed by atoms with van der Waals surface area (Å²) < 4.78 is 25.9. The summed E-state index contributed by atoms with van der Waals surface area (Å²) in [6.45, 7) is 2.47. The monoisotopic (exact) mass is 499 g/mol. The van der Waals surface area contributed by atoms with Crippen LogP contribution in [-0.4, -0.2) is 7.11 Å². The van der Waals surface area contributed by atoms with Crippen LogP contribution in [-0.2, 0) is 6.61 Å². The van der Waals surface area contributed by atoms with Crippen molar-refractivity contribution in [2.75, 3.05) is 7.11 Å². The van der Waals surface area contributed by atoms with Gasteiger partial charge in [0.25, 0.3) is 0 Å². The van der Waals surface area contributed by atoms with Gasteiger partial charge in [-0.1, -0.05) is 42.0 Å². The molecule has 0 aliphatic heterocycles. The van der Waals surface area contributed by atoms with Crippen molar-refractivity contribution in [3.63, 3.8) is 0 Å². The van der Waals surface area contributed by atoms with Gasteiger partial charge in [0.05, 0.1) is 22.3 Å². The maximum atomic E-state index is 13.5. The topological polar surface area (TPSA) is 42.2 Å². The van der Waals surface area contributed by atoms with Crippen molar-refractivity contribution < 1.29 is 13.9 Å². The lowest BCUT2D eigenvalue weighted by atomic mass is 10.0. The molecule has 0 N–H and O–H groups in total. The molecule has 3 nitrogen and oxygen atoms in total. The molecule has 0 heterocycles. The van der Waals surface area contributed by atoms with Crippen LogP contribution in [0, 0.1) is 27.6 Å². The third kappa shape index (κ3) is 5.36. The highest BCUT2D eigenvalue weighted by molar-refractivity contribution is 14.1. The van der Waals surface area contributed by atoms with Gasteiger partial charge in [0.2, 0.25) is 0 Å². The molecule has 0 aromatic heterocycles. The Labute approximate surface area is 183 Å². The molecule has 0 saturated heterocycles. The predicted octanol–water partition coefficient (Wildman–Crippen LogP) is 6.39. The number of nitriles is 1. The van der Waals surface area contributed by atoms with E-state index in [1.807, 2.05) is 37.3 Å². The zero-order valence-electron chi connectivity index (χ0n) is 16.1. The predicted molar refractivity (Wildman–Crippen MR) is 121 cm³/mol. The fourth-order valence-electron chi connectivity index (χ4n) is 2.92. The van der Waals surface area contributed by atoms with Crippen molar-refractivity contribution in [1.29, 1.82) is 5.26 Å². The number of aryl methyl sites for hydroxylation is 1. The summed E-state index contributed by atoms with van der Waals surface area (Å²) in [6, 6.07) is 20.0. The standard InChI is InChI=1S/C24H19FINO2/c1-16-5-3-6-17(9-16)15-29-24-22(26)11-18(12-23(24)28-2)10-20(14-27)19-7-4-8-21(25)13-19/h3-13H,15H2,1-2H3/b20-10-. The first-order chi connectivity index (χ1) is 14.0. The van der Waals surface area contributed by atoms with Crippen LogP contribution < -0.4 is 9.47 Å². The molecule has 0 atom stereocenters. The minimum absolute atomic E-state index is 0.371. The van der Waals surface area contributed by atoms with E-state index in [1.165, 1.54) is 17.7 Å². The van der Waals surface area contributed by atoms with E-state index >= 15 is 0 Å². The van der Waals surface area contributed by atoms with Crippen molar-refractivity contribution in [2.45, 2.75) is 13.5 Å². The van der Waals surface area contributed by atoms with Gasteiger partial charge in [-0.05, 0) is 76.5 Å². The van der Waals surface area contributed by atoms with Crippen LogP contribution >= 0.6 is 22.6 Å². The lowest BCUT2D eigenvalue weighted by molar-refractivity contribution is 0.282. The largest absolute Gasteiger partial charge is 0.493 e. The zero-order valence-corrected chi connectivity index (χ0v) is 18.2. The third-order valence-electron chi connectivity index (χ3n) is 4.28. The van der Waals surface area contributed by atoms with E-state index in [1.54, 1.807) is 25.3 Å². The van der Waals surface area contributed by atoms with E-state index in [0.717, 1.165) is 14.7 Å². The molecule has 0 aliphatic rings. The van der Waals surface area contributed by atoms with Crippen LogP contribution in [0.5, 0.6) is 11.5 Å². The second-order valence-corrected chi connectivity index (χ2v) is 7.65. The quantitative estimate of drug-likeness (QED) is 0.224. The van der Waals surface area contributed by atoms with E-state index < -0.39 is 0 Å². The number of nitrogens with zero attached hydrogens (tertiary/aromatic N) is 1. The first-order valence-corrected chi connectivity index (χ1v) is 10.0. The number of rotatable bonds is 6. The van der Waals surface area contributed by atoms with Gasteiger partial charge in [0.1, 0.15) is 12.4 Å². The van der Waals surface area contributed by atoms with E-state index in [9.17, 15) is 9.65 Å². The number of methoxy groups -OCH3 is 1. The lowest BCUT2D eigenvalue weighted by Gasteiger charge is -2.14. The summed E-state index contributed by atoms with van der Waals surface area (Å²) in [5, 5.41) is 9.52. The number of halogens is 2. The van der Waals surface area contributed by atoms with Crippen LogP contribution in [0.3, 0.4) is 0 Å². The van der Waals surface area contributed by atoms with Crippen molar-refractivity contribution in [2.24, 2.45) is 0 Å². The van der Waals surface area contributed by atoms with Crippen LogP contribution in [0.15, 0.2) is 60.7 Å². The summed E-state index contributed by atoms with van der Waals surface area (Å²) >= 11 is 2.19. The van der Waals surface area contributed by atoms with Gasteiger partial charge in [-0.25, -0.2) is 4.39 Å². The van der Waals surface area contributed by atoms with Crippen LogP contribution in [0.25, 0.3) is 11.6 Å². The molecule has 0 amide bonds. The number of hydrogen-bond acceptors (Lipinski definition) is 3. The molecule has 3 aromatic rings. The Kier molecular flexibility index (Phi) is 6.89. The van der Waals surface area contributed by atoms with E-state index in [0.29, 0.717) is 29.2 Å². The molecule has 146 valence electrons. The smallest absolute Gasteiger partial charge is 0.174 e. The molecular formula is C24H19FINO2. The Morgan fingerprint density at radius 2 is 1.93 bits per heavy atom.